The van der Waals surface area contributed by atoms with Crippen LogP contribution in [0.4, 0.5) is 4.79 Å². The van der Waals surface area contributed by atoms with Crippen LogP contribution in [-0.4, -0.2) is 17.6 Å². The first-order chi connectivity index (χ1) is 8.38. The van der Waals surface area contributed by atoms with Crippen LogP contribution < -0.4 is 5.32 Å². The zero-order valence-corrected chi connectivity index (χ0v) is 12.1. The Morgan fingerprint density at radius 2 is 1.83 bits per heavy atom. The zero-order valence-electron chi connectivity index (χ0n) is 12.1. The molecule has 0 aromatic heterocycles. The van der Waals surface area contributed by atoms with Crippen molar-refractivity contribution >= 4 is 12.0 Å². The molecule has 0 saturated heterocycles. The van der Waals surface area contributed by atoms with Gasteiger partial charge in [0.25, 0.3) is 0 Å². The van der Waals surface area contributed by atoms with Gasteiger partial charge in [-0.2, -0.15) is 0 Å². The molecule has 1 rings (SSSR count). The quantitative estimate of drug-likeness (QED) is 0.730. The summed E-state index contributed by atoms with van der Waals surface area (Å²) in [7, 11) is 0. The predicted octanol–water partition coefficient (Wildman–Crippen LogP) is 3.42. The van der Waals surface area contributed by atoms with Crippen LogP contribution in [0.15, 0.2) is 12.2 Å². The first kappa shape index (κ1) is 16.7. The second-order valence-corrected chi connectivity index (χ2v) is 4.97. The van der Waals surface area contributed by atoms with E-state index in [0.717, 1.165) is 12.8 Å². The number of rotatable bonds is 1. The maximum absolute atomic E-state index is 11.6. The van der Waals surface area contributed by atoms with Crippen molar-refractivity contribution in [1.82, 2.24) is 5.32 Å². The molecular formula is C14H25NO3. The topological polar surface area (TPSA) is 55.4 Å². The fraction of sp³-hybridized carbons (Fsp3) is 0.714. The molecule has 1 atom stereocenters. The Hall–Kier alpha value is -1.32. The minimum absolute atomic E-state index is 0.0995. The van der Waals surface area contributed by atoms with Crippen LogP contribution in [0.2, 0.25) is 0 Å². The molecule has 1 aliphatic rings. The monoisotopic (exact) mass is 255 g/mol. The van der Waals surface area contributed by atoms with Crippen molar-refractivity contribution in [2.45, 2.75) is 59.5 Å². The van der Waals surface area contributed by atoms with Crippen molar-refractivity contribution in [2.75, 3.05) is 0 Å². The molecule has 4 heteroatoms. The smallest absolute Gasteiger partial charge is 0.414 e. The van der Waals surface area contributed by atoms with Crippen molar-refractivity contribution in [3.63, 3.8) is 0 Å². The Labute approximate surface area is 110 Å². The van der Waals surface area contributed by atoms with E-state index < -0.39 is 11.7 Å². The van der Waals surface area contributed by atoms with Gasteiger partial charge in [0.2, 0.25) is 5.91 Å². The van der Waals surface area contributed by atoms with Gasteiger partial charge in [0.05, 0.1) is 0 Å². The van der Waals surface area contributed by atoms with Gasteiger partial charge in [-0.05, 0) is 40.0 Å². The molecule has 0 aromatic rings. The van der Waals surface area contributed by atoms with E-state index in [0.29, 0.717) is 6.42 Å². The van der Waals surface area contributed by atoms with E-state index in [-0.39, 0.29) is 11.8 Å². The van der Waals surface area contributed by atoms with Gasteiger partial charge in [-0.15, -0.1) is 0 Å². The molecular weight excluding hydrogens is 230 g/mol. The summed E-state index contributed by atoms with van der Waals surface area (Å²) in [6, 6.07) is 0. The van der Waals surface area contributed by atoms with E-state index in [1.54, 1.807) is 20.8 Å². The van der Waals surface area contributed by atoms with Crippen molar-refractivity contribution < 1.29 is 14.3 Å². The van der Waals surface area contributed by atoms with Gasteiger partial charge in [0.15, 0.2) is 0 Å². The Morgan fingerprint density at radius 1 is 1.22 bits per heavy atom. The average Bonchev–Trinajstić information content (AvgIpc) is 2.30. The van der Waals surface area contributed by atoms with Crippen LogP contribution in [-0.2, 0) is 9.53 Å². The summed E-state index contributed by atoms with van der Waals surface area (Å²) in [6.07, 6.45) is 5.76. The van der Waals surface area contributed by atoms with E-state index >= 15 is 0 Å². The lowest BCUT2D eigenvalue weighted by molar-refractivity contribution is -0.124. The summed E-state index contributed by atoms with van der Waals surface area (Å²) in [4.78, 5) is 23.0. The number of hydrogen-bond donors (Lipinski definition) is 1. The molecule has 0 fully saturated rings. The maximum atomic E-state index is 11.6. The van der Waals surface area contributed by atoms with Gasteiger partial charge >= 0.3 is 6.09 Å². The third kappa shape index (κ3) is 7.09. The third-order valence-electron chi connectivity index (χ3n) is 2.26. The molecule has 0 spiro atoms. The minimum atomic E-state index is -0.660. The number of ether oxygens (including phenoxy) is 1. The molecule has 0 unspecified atom stereocenters. The number of imide groups is 1. The first-order valence-electron chi connectivity index (χ1n) is 6.57. The summed E-state index contributed by atoms with van der Waals surface area (Å²) in [6.45, 7) is 9.29. The molecule has 18 heavy (non-hydrogen) atoms. The Bertz CT molecular complexity index is 303. The minimum Gasteiger partial charge on any atom is -0.444 e. The fourth-order valence-electron chi connectivity index (χ4n) is 1.54. The number of amides is 2. The average molecular weight is 255 g/mol. The molecule has 0 aliphatic heterocycles. The SMILES string of the molecule is CC.CC(C)(C)OC(=O)NC(=O)[C@@H]1CC=CCC1. The van der Waals surface area contributed by atoms with Crippen LogP contribution in [0.3, 0.4) is 0 Å². The number of hydrogen-bond acceptors (Lipinski definition) is 3. The lowest BCUT2D eigenvalue weighted by Gasteiger charge is -2.21. The second-order valence-electron chi connectivity index (χ2n) is 4.97. The molecule has 0 saturated carbocycles. The molecule has 0 heterocycles. The summed E-state index contributed by atoms with van der Waals surface area (Å²) >= 11 is 0. The zero-order chi connectivity index (χ0) is 14.2. The highest BCUT2D eigenvalue weighted by Crippen LogP contribution is 2.18. The van der Waals surface area contributed by atoms with Crippen LogP contribution in [0.25, 0.3) is 0 Å². The van der Waals surface area contributed by atoms with Crippen LogP contribution in [0.1, 0.15) is 53.9 Å². The lowest BCUT2D eigenvalue weighted by atomic mass is 9.94. The number of alkyl carbamates (subject to hydrolysis) is 1. The van der Waals surface area contributed by atoms with Crippen molar-refractivity contribution in [2.24, 2.45) is 5.92 Å². The summed E-state index contributed by atoms with van der Waals surface area (Å²) < 4.78 is 5.01. The second kappa shape index (κ2) is 7.90. The number of allylic oxidation sites excluding steroid dienone is 2. The van der Waals surface area contributed by atoms with Crippen LogP contribution in [0, 0.1) is 5.92 Å². The van der Waals surface area contributed by atoms with Crippen molar-refractivity contribution in [1.29, 1.82) is 0 Å². The Morgan fingerprint density at radius 3 is 2.28 bits per heavy atom. The molecule has 1 aliphatic carbocycles. The van der Waals surface area contributed by atoms with Gasteiger partial charge < -0.3 is 4.74 Å². The van der Waals surface area contributed by atoms with Crippen molar-refractivity contribution in [3.8, 4) is 0 Å². The molecule has 104 valence electrons. The highest BCUT2D eigenvalue weighted by Gasteiger charge is 2.23. The maximum Gasteiger partial charge on any atom is 0.414 e. The molecule has 1 N–H and O–H groups in total. The van der Waals surface area contributed by atoms with Crippen LogP contribution in [0.5, 0.6) is 0 Å². The van der Waals surface area contributed by atoms with E-state index in [1.165, 1.54) is 0 Å². The van der Waals surface area contributed by atoms with Crippen molar-refractivity contribution in [3.05, 3.63) is 12.2 Å². The molecule has 2 amide bonds. The Balaban J connectivity index is 0.00000137. The first-order valence-corrected chi connectivity index (χ1v) is 6.57. The van der Waals surface area contributed by atoms with E-state index in [9.17, 15) is 9.59 Å². The summed E-state index contributed by atoms with van der Waals surface area (Å²) in [5.41, 5.74) is -0.573. The van der Waals surface area contributed by atoms with Gasteiger partial charge in [0, 0.05) is 5.92 Å². The van der Waals surface area contributed by atoms with E-state index in [1.807, 2.05) is 19.9 Å². The van der Waals surface area contributed by atoms with E-state index in [2.05, 4.69) is 11.4 Å². The van der Waals surface area contributed by atoms with Gasteiger partial charge in [-0.3, -0.25) is 10.1 Å². The van der Waals surface area contributed by atoms with Gasteiger partial charge in [0.1, 0.15) is 5.60 Å². The van der Waals surface area contributed by atoms with Gasteiger partial charge in [-0.25, -0.2) is 4.79 Å². The summed E-state index contributed by atoms with van der Waals surface area (Å²) in [5, 5.41) is 2.27. The number of carbonyl (C=O) groups excluding carboxylic acids is 2. The van der Waals surface area contributed by atoms with E-state index in [4.69, 9.17) is 4.74 Å². The molecule has 0 radical (unpaired) electrons. The molecule has 0 bridgehead atoms. The summed E-state index contributed by atoms with van der Waals surface area (Å²) in [5.74, 6) is -0.337. The number of carbonyl (C=O) groups is 2. The third-order valence-corrected chi connectivity index (χ3v) is 2.26. The standard InChI is InChI=1S/C12H19NO3.C2H6/c1-12(2,3)16-11(15)13-10(14)9-7-5-4-6-8-9;1-2/h4-5,9H,6-8H2,1-3H3,(H,13,14,15);1-2H3/t9-;/m1./s1. The van der Waals surface area contributed by atoms with Gasteiger partial charge in [-0.1, -0.05) is 26.0 Å². The lowest BCUT2D eigenvalue weighted by Crippen LogP contribution is -2.39. The normalized spacial score (nSPS) is 18.4. The van der Waals surface area contributed by atoms with Crippen LogP contribution >= 0.6 is 0 Å². The fourth-order valence-corrected chi connectivity index (χ4v) is 1.54. The Kier molecular flexibility index (Phi) is 7.32. The largest absolute Gasteiger partial charge is 0.444 e. The highest BCUT2D eigenvalue weighted by molar-refractivity contribution is 5.93. The predicted molar refractivity (Wildman–Crippen MR) is 72.2 cm³/mol. The number of nitrogens with one attached hydrogen (secondary N) is 1. The highest BCUT2D eigenvalue weighted by atomic mass is 16.6. The molecule has 4 nitrogen and oxygen atoms in total. The molecule has 0 aromatic carbocycles.